The van der Waals surface area contributed by atoms with Crippen LogP contribution in [0.25, 0.3) is 0 Å². The van der Waals surface area contributed by atoms with Gasteiger partial charge in [-0.25, -0.2) is 4.98 Å². The molecular weight excluding hydrogens is 452 g/mol. The van der Waals surface area contributed by atoms with E-state index in [1.807, 2.05) is 49.8 Å². The molecule has 0 saturated heterocycles. The lowest BCUT2D eigenvalue weighted by Gasteiger charge is -2.24. The van der Waals surface area contributed by atoms with Gasteiger partial charge in [0.1, 0.15) is 0 Å². The molecule has 3 rings (SSSR count). The van der Waals surface area contributed by atoms with Crippen LogP contribution < -0.4 is 5.32 Å². The first-order valence-electron chi connectivity index (χ1n) is 12.1. The summed E-state index contributed by atoms with van der Waals surface area (Å²) in [6, 6.07) is 10.8. The largest absolute Gasteiger partial charge is 0.334 e. The molecule has 5 nitrogen and oxygen atoms in total. The molecule has 0 spiro atoms. The summed E-state index contributed by atoms with van der Waals surface area (Å²) in [6.45, 7) is 2.04. The van der Waals surface area contributed by atoms with Crippen LogP contribution in [-0.2, 0) is 4.79 Å². The normalized spacial score (nSPS) is 20.6. The van der Waals surface area contributed by atoms with E-state index in [1.54, 1.807) is 0 Å². The van der Waals surface area contributed by atoms with Crippen molar-refractivity contribution in [3.05, 3.63) is 54.1 Å². The van der Waals surface area contributed by atoms with Crippen molar-refractivity contribution >= 4 is 34.4 Å². The lowest BCUT2D eigenvalue weighted by molar-refractivity contribution is -0.121. The van der Waals surface area contributed by atoms with Crippen LogP contribution in [0.5, 0.6) is 0 Å². The monoisotopic (exact) mass is 488 g/mol. The van der Waals surface area contributed by atoms with E-state index in [0.717, 1.165) is 74.2 Å². The predicted molar refractivity (Wildman–Crippen MR) is 140 cm³/mol. The molecule has 0 bridgehead atoms. The van der Waals surface area contributed by atoms with E-state index in [4.69, 9.17) is 16.6 Å². The Kier molecular flexibility index (Phi) is 10.8. The van der Waals surface area contributed by atoms with Crippen molar-refractivity contribution < 1.29 is 4.79 Å². The van der Waals surface area contributed by atoms with Crippen LogP contribution in [0.3, 0.4) is 0 Å². The number of aryl methyl sites for hydroxylation is 1. The van der Waals surface area contributed by atoms with Crippen LogP contribution in [0.1, 0.15) is 81.0 Å². The smallest absolute Gasteiger partial charge is 0.233 e. The third kappa shape index (κ3) is 8.18. The van der Waals surface area contributed by atoms with Gasteiger partial charge in [-0.05, 0) is 70.1 Å². The summed E-state index contributed by atoms with van der Waals surface area (Å²) < 4.78 is 2.28. The van der Waals surface area contributed by atoms with Crippen LogP contribution in [0.15, 0.2) is 47.8 Å². The van der Waals surface area contributed by atoms with Gasteiger partial charge in [-0.3, -0.25) is 9.79 Å². The Bertz CT molecular complexity index is 875. The van der Waals surface area contributed by atoms with Gasteiger partial charge in [-0.1, -0.05) is 48.5 Å². The first-order chi connectivity index (χ1) is 16.1. The minimum absolute atomic E-state index is 0.0326. The molecule has 1 fully saturated rings. The number of amides is 1. The number of carbonyl (C=O) groups is 1. The van der Waals surface area contributed by atoms with Gasteiger partial charge >= 0.3 is 0 Å². The van der Waals surface area contributed by atoms with Gasteiger partial charge in [0.2, 0.25) is 5.91 Å². The van der Waals surface area contributed by atoms with E-state index < -0.39 is 0 Å². The number of nitrogens with one attached hydrogen (secondary N) is 1. The Morgan fingerprint density at radius 3 is 2.55 bits per heavy atom. The number of nitrogens with zero attached hydrogens (tertiary/aromatic N) is 3. The standard InChI is InChI=1S/C26H37ClN4OS/c1-20-18-31(19-28-20)23-14-8-12-22(13-9-15-23)29-26(33-2)30-25(32)24(16-6-7-17-27)21-10-4-3-5-11-21/h3-5,10-11,18-19,22-24H,6-9,12-17H2,1-2H3,(H,29,30,32). The summed E-state index contributed by atoms with van der Waals surface area (Å²) in [6.07, 6.45) is 15.4. The number of hydrogen-bond donors (Lipinski definition) is 1. The fraction of sp³-hybridized carbons (Fsp3) is 0.577. The summed E-state index contributed by atoms with van der Waals surface area (Å²) in [7, 11) is 0. The van der Waals surface area contributed by atoms with Crippen molar-refractivity contribution in [1.82, 2.24) is 14.9 Å². The van der Waals surface area contributed by atoms with E-state index >= 15 is 0 Å². The average Bonchev–Trinajstić information content (AvgIpc) is 3.24. The number of rotatable bonds is 8. The highest BCUT2D eigenvalue weighted by Crippen LogP contribution is 2.28. The maximum Gasteiger partial charge on any atom is 0.233 e. The molecule has 1 unspecified atom stereocenters. The SMILES string of the molecule is CS/C(=N\C1CCCC(n2cnc(C)c2)CCC1)NC(=O)C(CCCCCl)c1ccccc1. The average molecular weight is 489 g/mol. The van der Waals surface area contributed by atoms with Crippen LogP contribution in [0.2, 0.25) is 0 Å². The number of imidazole rings is 1. The van der Waals surface area contributed by atoms with Gasteiger partial charge in [0.25, 0.3) is 0 Å². The van der Waals surface area contributed by atoms with Crippen molar-refractivity contribution in [1.29, 1.82) is 0 Å². The number of halogens is 1. The van der Waals surface area contributed by atoms with Gasteiger partial charge in [0.05, 0.1) is 24.0 Å². The van der Waals surface area contributed by atoms with Crippen molar-refractivity contribution in [3.8, 4) is 0 Å². The quantitative estimate of drug-likeness (QED) is 0.200. The highest BCUT2D eigenvalue weighted by molar-refractivity contribution is 8.13. The van der Waals surface area contributed by atoms with Crippen molar-refractivity contribution in [3.63, 3.8) is 0 Å². The molecular formula is C26H37ClN4OS. The van der Waals surface area contributed by atoms with Gasteiger partial charge in [-0.15, -0.1) is 11.6 Å². The zero-order valence-corrected chi connectivity index (χ0v) is 21.5. The van der Waals surface area contributed by atoms with Crippen LogP contribution in [0, 0.1) is 6.92 Å². The number of unbranched alkanes of at least 4 members (excludes halogenated alkanes) is 1. The zero-order valence-electron chi connectivity index (χ0n) is 19.9. The molecule has 1 N–H and O–H groups in total. The summed E-state index contributed by atoms with van der Waals surface area (Å²) in [4.78, 5) is 22.6. The molecule has 1 aliphatic carbocycles. The molecule has 33 heavy (non-hydrogen) atoms. The van der Waals surface area contributed by atoms with E-state index in [0.29, 0.717) is 11.9 Å². The molecule has 0 aliphatic heterocycles. The number of aliphatic imine (C=N–C) groups is 1. The molecule has 7 heteroatoms. The predicted octanol–water partition coefficient (Wildman–Crippen LogP) is 6.48. The van der Waals surface area contributed by atoms with Crippen LogP contribution in [0.4, 0.5) is 0 Å². The van der Waals surface area contributed by atoms with Crippen molar-refractivity contribution in [2.24, 2.45) is 4.99 Å². The third-order valence-electron chi connectivity index (χ3n) is 6.42. The lowest BCUT2D eigenvalue weighted by Crippen LogP contribution is -2.34. The Labute approximate surface area is 207 Å². The lowest BCUT2D eigenvalue weighted by atomic mass is 9.93. The molecule has 1 amide bonds. The number of carbonyl (C=O) groups excluding carboxylic acids is 1. The van der Waals surface area contributed by atoms with Gasteiger partial charge in [0.15, 0.2) is 5.17 Å². The minimum atomic E-state index is -0.177. The van der Waals surface area contributed by atoms with E-state index in [9.17, 15) is 4.79 Å². The molecule has 2 aromatic rings. The van der Waals surface area contributed by atoms with Gasteiger partial charge in [-0.2, -0.15) is 0 Å². The molecule has 180 valence electrons. The maximum atomic E-state index is 13.2. The second-order valence-electron chi connectivity index (χ2n) is 8.91. The van der Waals surface area contributed by atoms with E-state index in [-0.39, 0.29) is 17.9 Å². The number of amidine groups is 1. The van der Waals surface area contributed by atoms with E-state index in [2.05, 4.69) is 21.1 Å². The number of thioether (sulfide) groups is 1. The summed E-state index contributed by atoms with van der Waals surface area (Å²) in [5.74, 6) is 0.484. The molecule has 1 saturated carbocycles. The number of alkyl halides is 1. The minimum Gasteiger partial charge on any atom is -0.334 e. The highest BCUT2D eigenvalue weighted by Gasteiger charge is 2.23. The fourth-order valence-corrected chi connectivity index (χ4v) is 5.25. The summed E-state index contributed by atoms with van der Waals surface area (Å²) in [5, 5.41) is 3.88. The molecule has 0 radical (unpaired) electrons. The Morgan fingerprint density at radius 2 is 1.94 bits per heavy atom. The topological polar surface area (TPSA) is 59.3 Å². The highest BCUT2D eigenvalue weighted by atomic mass is 35.5. The van der Waals surface area contributed by atoms with Crippen LogP contribution in [-0.4, -0.2) is 38.8 Å². The summed E-state index contributed by atoms with van der Waals surface area (Å²) in [5.41, 5.74) is 2.13. The first-order valence-corrected chi connectivity index (χ1v) is 13.9. The molecule has 1 heterocycles. The second-order valence-corrected chi connectivity index (χ2v) is 10.1. The Balaban J connectivity index is 1.60. The van der Waals surface area contributed by atoms with Crippen molar-refractivity contribution in [2.45, 2.75) is 82.7 Å². The summed E-state index contributed by atoms with van der Waals surface area (Å²) >= 11 is 7.40. The van der Waals surface area contributed by atoms with E-state index in [1.165, 1.54) is 11.8 Å². The first kappa shape index (κ1) is 25.8. The second kappa shape index (κ2) is 13.8. The zero-order chi connectivity index (χ0) is 23.5. The maximum absolute atomic E-state index is 13.2. The molecule has 1 aromatic carbocycles. The fourth-order valence-electron chi connectivity index (χ4n) is 4.61. The third-order valence-corrected chi connectivity index (χ3v) is 7.28. The number of benzene rings is 1. The molecule has 1 atom stereocenters. The van der Waals surface area contributed by atoms with Crippen molar-refractivity contribution in [2.75, 3.05) is 12.1 Å². The number of aromatic nitrogens is 2. The van der Waals surface area contributed by atoms with Gasteiger partial charge in [0, 0.05) is 18.1 Å². The Hall–Kier alpha value is -1.79. The molecule has 1 aromatic heterocycles. The molecule has 1 aliphatic rings. The Morgan fingerprint density at radius 1 is 1.21 bits per heavy atom. The van der Waals surface area contributed by atoms with Gasteiger partial charge < -0.3 is 9.88 Å². The number of hydrogen-bond acceptors (Lipinski definition) is 4. The van der Waals surface area contributed by atoms with Crippen LogP contribution >= 0.6 is 23.4 Å².